The molecule has 0 spiro atoms. The second-order valence-corrected chi connectivity index (χ2v) is 6.11. The lowest BCUT2D eigenvalue weighted by Crippen LogP contribution is -2.40. The Bertz CT molecular complexity index is 445. The fourth-order valence-corrected chi connectivity index (χ4v) is 2.72. The highest BCUT2D eigenvalue weighted by Crippen LogP contribution is 2.31. The van der Waals surface area contributed by atoms with Crippen molar-refractivity contribution in [2.45, 2.75) is 51.6 Å². The fraction of sp³-hybridized carbons (Fsp3) is 0.588. The Morgan fingerprint density at radius 2 is 1.90 bits per heavy atom. The maximum Gasteiger partial charge on any atom is 0.162 e. The minimum Gasteiger partial charge on any atom is -0.388 e. The van der Waals surface area contributed by atoms with Gasteiger partial charge in [-0.15, -0.1) is 0 Å². The standard InChI is InChI=1S/C17H25NO2/c1-3-16(19)14-4-6-15(7-5-14)18-12-17(20)10-8-13(2)9-11-17/h4-7,13,18,20H,3,8-12H2,1-2H3. The molecule has 0 atom stereocenters. The van der Waals surface area contributed by atoms with Gasteiger partial charge in [-0.2, -0.15) is 0 Å². The molecule has 0 aromatic heterocycles. The number of Topliss-reactive ketones (excluding diaryl/α,β-unsaturated/α-hetero) is 1. The number of anilines is 1. The van der Waals surface area contributed by atoms with Crippen LogP contribution in [0.2, 0.25) is 0 Å². The van der Waals surface area contributed by atoms with Gasteiger partial charge in [0.05, 0.1) is 5.60 Å². The van der Waals surface area contributed by atoms with Crippen molar-refractivity contribution in [1.82, 2.24) is 0 Å². The zero-order valence-electron chi connectivity index (χ0n) is 12.5. The van der Waals surface area contributed by atoms with E-state index in [4.69, 9.17) is 0 Å². The first-order chi connectivity index (χ1) is 9.52. The van der Waals surface area contributed by atoms with Crippen molar-refractivity contribution in [3.63, 3.8) is 0 Å². The minimum absolute atomic E-state index is 0.163. The van der Waals surface area contributed by atoms with Gasteiger partial charge in [-0.3, -0.25) is 4.79 Å². The summed E-state index contributed by atoms with van der Waals surface area (Å²) in [5, 5.41) is 13.8. The Labute approximate surface area is 121 Å². The van der Waals surface area contributed by atoms with Crippen LogP contribution in [0.25, 0.3) is 0 Å². The lowest BCUT2D eigenvalue weighted by atomic mass is 9.79. The van der Waals surface area contributed by atoms with Crippen LogP contribution in [0.3, 0.4) is 0 Å². The molecule has 1 fully saturated rings. The first kappa shape index (κ1) is 15.0. The zero-order valence-corrected chi connectivity index (χ0v) is 12.5. The van der Waals surface area contributed by atoms with Crippen LogP contribution in [0.4, 0.5) is 5.69 Å². The van der Waals surface area contributed by atoms with Crippen LogP contribution < -0.4 is 5.32 Å². The van der Waals surface area contributed by atoms with Crippen molar-refractivity contribution in [3.05, 3.63) is 29.8 Å². The summed E-state index contributed by atoms with van der Waals surface area (Å²) in [7, 11) is 0. The van der Waals surface area contributed by atoms with E-state index in [1.165, 1.54) is 0 Å². The molecule has 0 radical (unpaired) electrons. The zero-order chi connectivity index (χ0) is 14.6. The third kappa shape index (κ3) is 3.83. The van der Waals surface area contributed by atoms with E-state index in [0.29, 0.717) is 13.0 Å². The Morgan fingerprint density at radius 3 is 2.45 bits per heavy atom. The minimum atomic E-state index is -0.579. The van der Waals surface area contributed by atoms with E-state index >= 15 is 0 Å². The van der Waals surface area contributed by atoms with Crippen molar-refractivity contribution in [3.8, 4) is 0 Å². The number of hydrogen-bond acceptors (Lipinski definition) is 3. The number of rotatable bonds is 5. The molecule has 2 rings (SSSR count). The molecular formula is C17H25NO2. The van der Waals surface area contributed by atoms with Gasteiger partial charge >= 0.3 is 0 Å². The van der Waals surface area contributed by atoms with Crippen LogP contribution in [0.5, 0.6) is 0 Å². The largest absolute Gasteiger partial charge is 0.388 e. The molecule has 1 aromatic rings. The summed E-state index contributed by atoms with van der Waals surface area (Å²) in [5.41, 5.74) is 1.14. The summed E-state index contributed by atoms with van der Waals surface area (Å²) in [6.45, 7) is 4.70. The van der Waals surface area contributed by atoms with Crippen LogP contribution in [0.1, 0.15) is 56.3 Å². The highest BCUT2D eigenvalue weighted by Gasteiger charge is 2.31. The van der Waals surface area contributed by atoms with E-state index in [1.54, 1.807) is 0 Å². The molecule has 1 aliphatic carbocycles. The number of hydrogen-bond donors (Lipinski definition) is 2. The number of nitrogens with one attached hydrogen (secondary N) is 1. The molecule has 3 heteroatoms. The summed E-state index contributed by atoms with van der Waals surface area (Å²) in [5.74, 6) is 0.895. The number of carbonyl (C=O) groups is 1. The molecule has 3 nitrogen and oxygen atoms in total. The van der Waals surface area contributed by atoms with Crippen LogP contribution in [0, 0.1) is 5.92 Å². The number of benzene rings is 1. The first-order valence-electron chi connectivity index (χ1n) is 7.62. The lowest BCUT2D eigenvalue weighted by molar-refractivity contribution is 0.00501. The van der Waals surface area contributed by atoms with E-state index in [1.807, 2.05) is 31.2 Å². The highest BCUT2D eigenvalue weighted by molar-refractivity contribution is 5.96. The quantitative estimate of drug-likeness (QED) is 0.807. The van der Waals surface area contributed by atoms with E-state index in [-0.39, 0.29) is 5.78 Å². The third-order valence-electron chi connectivity index (χ3n) is 4.35. The predicted molar refractivity (Wildman–Crippen MR) is 82.1 cm³/mol. The topological polar surface area (TPSA) is 49.3 Å². The summed E-state index contributed by atoms with van der Waals surface area (Å²) in [6, 6.07) is 7.53. The second kappa shape index (κ2) is 6.40. The van der Waals surface area contributed by atoms with Gasteiger partial charge in [-0.05, 0) is 55.9 Å². The smallest absolute Gasteiger partial charge is 0.162 e. The van der Waals surface area contributed by atoms with Gasteiger partial charge < -0.3 is 10.4 Å². The third-order valence-corrected chi connectivity index (χ3v) is 4.35. The van der Waals surface area contributed by atoms with Crippen LogP contribution in [-0.4, -0.2) is 23.0 Å². The van der Waals surface area contributed by atoms with E-state index in [2.05, 4.69) is 12.2 Å². The molecule has 0 amide bonds. The Balaban J connectivity index is 1.89. The molecular weight excluding hydrogens is 250 g/mol. The van der Waals surface area contributed by atoms with Crippen molar-refractivity contribution in [2.75, 3.05) is 11.9 Å². The van der Waals surface area contributed by atoms with Crippen LogP contribution in [-0.2, 0) is 0 Å². The molecule has 2 N–H and O–H groups in total. The van der Waals surface area contributed by atoms with Gasteiger partial charge in [-0.1, -0.05) is 13.8 Å². The summed E-state index contributed by atoms with van der Waals surface area (Å²) < 4.78 is 0. The van der Waals surface area contributed by atoms with Crippen molar-refractivity contribution in [1.29, 1.82) is 0 Å². The molecule has 110 valence electrons. The van der Waals surface area contributed by atoms with Gasteiger partial charge in [0.2, 0.25) is 0 Å². The molecule has 0 bridgehead atoms. The SMILES string of the molecule is CCC(=O)c1ccc(NCC2(O)CCC(C)CC2)cc1. The van der Waals surface area contributed by atoms with Gasteiger partial charge in [0.1, 0.15) is 0 Å². The van der Waals surface area contributed by atoms with Gasteiger partial charge in [-0.25, -0.2) is 0 Å². The maximum atomic E-state index is 11.6. The number of ketones is 1. The van der Waals surface area contributed by atoms with Crippen molar-refractivity contribution < 1.29 is 9.90 Å². The summed E-state index contributed by atoms with van der Waals surface area (Å²) in [6.07, 6.45) is 4.47. The molecule has 1 saturated carbocycles. The molecule has 0 aliphatic heterocycles. The molecule has 1 aliphatic rings. The van der Waals surface area contributed by atoms with E-state index in [9.17, 15) is 9.90 Å². The van der Waals surface area contributed by atoms with Crippen LogP contribution >= 0.6 is 0 Å². The van der Waals surface area contributed by atoms with Crippen molar-refractivity contribution >= 4 is 11.5 Å². The predicted octanol–water partition coefficient (Wildman–Crippen LogP) is 3.63. The van der Waals surface area contributed by atoms with Gasteiger partial charge in [0.25, 0.3) is 0 Å². The van der Waals surface area contributed by atoms with E-state index < -0.39 is 5.60 Å². The van der Waals surface area contributed by atoms with E-state index in [0.717, 1.165) is 42.9 Å². The van der Waals surface area contributed by atoms with Gasteiger partial charge in [0.15, 0.2) is 5.78 Å². The highest BCUT2D eigenvalue weighted by atomic mass is 16.3. The maximum absolute atomic E-state index is 11.6. The first-order valence-corrected chi connectivity index (χ1v) is 7.62. The average Bonchev–Trinajstić information content (AvgIpc) is 2.48. The Hall–Kier alpha value is -1.35. The molecule has 1 aromatic carbocycles. The van der Waals surface area contributed by atoms with Gasteiger partial charge in [0, 0.05) is 24.2 Å². The molecule has 0 unspecified atom stereocenters. The number of carbonyl (C=O) groups excluding carboxylic acids is 1. The monoisotopic (exact) mass is 275 g/mol. The Morgan fingerprint density at radius 1 is 1.30 bits per heavy atom. The summed E-state index contributed by atoms with van der Waals surface area (Å²) >= 11 is 0. The van der Waals surface area contributed by atoms with Crippen LogP contribution in [0.15, 0.2) is 24.3 Å². The molecule has 0 heterocycles. The molecule has 20 heavy (non-hydrogen) atoms. The molecule has 0 saturated heterocycles. The van der Waals surface area contributed by atoms with Crippen molar-refractivity contribution in [2.24, 2.45) is 5.92 Å². The average molecular weight is 275 g/mol. The Kier molecular flexibility index (Phi) is 4.81. The fourth-order valence-electron chi connectivity index (χ4n) is 2.72. The normalized spacial score (nSPS) is 26.2. The number of aliphatic hydroxyl groups is 1. The summed E-state index contributed by atoms with van der Waals surface area (Å²) in [4.78, 5) is 11.6. The lowest BCUT2D eigenvalue weighted by Gasteiger charge is -2.35. The second-order valence-electron chi connectivity index (χ2n) is 6.11.